The van der Waals surface area contributed by atoms with E-state index < -0.39 is 5.97 Å². The van der Waals surface area contributed by atoms with Gasteiger partial charge in [-0.1, -0.05) is 24.3 Å². The molecule has 0 fully saturated rings. The number of benzene rings is 1. The first-order valence-electron chi connectivity index (χ1n) is 4.74. The summed E-state index contributed by atoms with van der Waals surface area (Å²) < 4.78 is 0. The van der Waals surface area contributed by atoms with Crippen molar-refractivity contribution in [3.05, 3.63) is 45.8 Å². The molecule has 2 nitrogen and oxygen atoms in total. The van der Waals surface area contributed by atoms with Crippen LogP contribution in [-0.2, 0) is 4.79 Å². The molecule has 0 bridgehead atoms. The summed E-state index contributed by atoms with van der Waals surface area (Å²) in [4.78, 5) is 11.0. The molecule has 0 unspecified atom stereocenters. The molecule has 72 valence electrons. The number of fused-ring (bicyclic) bond motifs is 2. The molecule has 0 saturated carbocycles. The smallest absolute Gasteiger partial charge is 0.336 e. The molecule has 0 spiro atoms. The lowest BCUT2D eigenvalue weighted by atomic mass is 10.0. The second kappa shape index (κ2) is 2.70. The van der Waals surface area contributed by atoms with Gasteiger partial charge in [0.05, 0.1) is 5.57 Å². The maximum Gasteiger partial charge on any atom is 0.336 e. The summed E-state index contributed by atoms with van der Waals surface area (Å²) in [5, 5.41) is 11.1. The zero-order chi connectivity index (χ0) is 10.4. The van der Waals surface area contributed by atoms with Crippen molar-refractivity contribution in [2.75, 3.05) is 0 Å². The van der Waals surface area contributed by atoms with Crippen LogP contribution in [0.4, 0.5) is 0 Å². The van der Waals surface area contributed by atoms with Crippen LogP contribution in [-0.4, -0.2) is 11.1 Å². The van der Waals surface area contributed by atoms with Gasteiger partial charge in [0.1, 0.15) is 0 Å². The normalized spacial score (nSPS) is 15.1. The van der Waals surface area contributed by atoms with Crippen LogP contribution in [0.25, 0.3) is 23.8 Å². The number of hydrogen-bond acceptors (Lipinski definition) is 1. The number of carbonyl (C=O) groups is 1. The van der Waals surface area contributed by atoms with Gasteiger partial charge >= 0.3 is 5.97 Å². The van der Waals surface area contributed by atoms with Gasteiger partial charge in [-0.2, -0.15) is 0 Å². The van der Waals surface area contributed by atoms with Crippen LogP contribution in [0.2, 0.25) is 0 Å². The lowest BCUT2D eigenvalue weighted by molar-refractivity contribution is -0.130. The number of aliphatic carboxylic acids is 1. The highest BCUT2D eigenvalue weighted by Gasteiger charge is 2.15. The molecule has 0 aliphatic heterocycles. The first-order valence-corrected chi connectivity index (χ1v) is 4.74. The van der Waals surface area contributed by atoms with Crippen LogP contribution in [0, 0.1) is 0 Å². The van der Waals surface area contributed by atoms with Crippen molar-refractivity contribution in [2.45, 2.75) is 0 Å². The van der Waals surface area contributed by atoms with E-state index in [0.29, 0.717) is 5.57 Å². The maximum absolute atomic E-state index is 11.0. The van der Waals surface area contributed by atoms with Crippen molar-refractivity contribution in [3.63, 3.8) is 0 Å². The summed E-state index contributed by atoms with van der Waals surface area (Å²) in [6.45, 7) is 0. The van der Waals surface area contributed by atoms with Gasteiger partial charge in [0.15, 0.2) is 0 Å². The van der Waals surface area contributed by atoms with Gasteiger partial charge in [0.25, 0.3) is 0 Å². The molecular formula is C13H8O2. The molecular weight excluding hydrogens is 188 g/mol. The predicted octanol–water partition coefficient (Wildman–Crippen LogP) is 0.756. The van der Waals surface area contributed by atoms with E-state index in [0.717, 1.165) is 21.6 Å². The molecule has 0 amide bonds. The highest BCUT2D eigenvalue weighted by atomic mass is 16.4. The highest BCUT2D eigenvalue weighted by Crippen LogP contribution is 2.15. The molecule has 0 aromatic heterocycles. The van der Waals surface area contributed by atoms with Gasteiger partial charge in [-0.3, -0.25) is 0 Å². The molecule has 2 heteroatoms. The topological polar surface area (TPSA) is 37.3 Å². The van der Waals surface area contributed by atoms with Crippen LogP contribution in [0.1, 0.15) is 11.1 Å². The molecule has 2 aliphatic rings. The summed E-state index contributed by atoms with van der Waals surface area (Å²) in [6.07, 6.45) is 9.51. The standard InChI is InChI=1S/C13H8O2/c14-13(15)11-5-4-10-6-8-2-1-3-9(8)7-12(10)11/h1-7H,(H,14,15). The summed E-state index contributed by atoms with van der Waals surface area (Å²) in [7, 11) is 0. The first kappa shape index (κ1) is 8.24. The van der Waals surface area contributed by atoms with E-state index in [1.54, 1.807) is 6.08 Å². The largest absolute Gasteiger partial charge is 0.478 e. The Morgan fingerprint density at radius 1 is 1.07 bits per heavy atom. The third-order valence-corrected chi connectivity index (χ3v) is 2.76. The molecule has 0 radical (unpaired) electrons. The summed E-state index contributed by atoms with van der Waals surface area (Å²) >= 11 is 0. The number of rotatable bonds is 1. The maximum atomic E-state index is 11.0. The average molecular weight is 196 g/mol. The summed E-state index contributed by atoms with van der Waals surface area (Å²) in [6, 6.07) is 3.96. The monoisotopic (exact) mass is 196 g/mol. The SMILES string of the molecule is O=C(O)C1=CC=c2cc3c(cc21)=CC=C3. The van der Waals surface area contributed by atoms with Gasteiger partial charge in [-0.25, -0.2) is 4.79 Å². The van der Waals surface area contributed by atoms with Crippen LogP contribution in [0.3, 0.4) is 0 Å². The van der Waals surface area contributed by atoms with E-state index in [9.17, 15) is 4.79 Å². The van der Waals surface area contributed by atoms with E-state index in [1.807, 2.05) is 36.4 Å². The summed E-state index contributed by atoms with van der Waals surface area (Å²) in [5.74, 6) is -0.865. The van der Waals surface area contributed by atoms with E-state index in [1.165, 1.54) is 0 Å². The predicted molar refractivity (Wildman–Crippen MR) is 59.3 cm³/mol. The van der Waals surface area contributed by atoms with Gasteiger partial charge in [-0.05, 0) is 39.8 Å². The molecule has 1 aromatic carbocycles. The minimum Gasteiger partial charge on any atom is -0.478 e. The molecule has 1 aromatic rings. The minimum atomic E-state index is -0.865. The van der Waals surface area contributed by atoms with Crippen molar-refractivity contribution in [1.82, 2.24) is 0 Å². The van der Waals surface area contributed by atoms with Crippen molar-refractivity contribution >= 4 is 29.8 Å². The number of carboxylic acids is 1. The van der Waals surface area contributed by atoms with Crippen LogP contribution in [0.5, 0.6) is 0 Å². The quantitative estimate of drug-likeness (QED) is 0.719. The zero-order valence-electron chi connectivity index (χ0n) is 7.90. The first-order chi connectivity index (χ1) is 7.25. The molecule has 3 rings (SSSR count). The average Bonchev–Trinajstić information content (AvgIpc) is 2.77. The zero-order valence-corrected chi connectivity index (χ0v) is 7.90. The Labute approximate surface area is 86.2 Å². The Kier molecular flexibility index (Phi) is 1.48. The van der Waals surface area contributed by atoms with E-state index in [-0.39, 0.29) is 0 Å². The van der Waals surface area contributed by atoms with Crippen molar-refractivity contribution in [3.8, 4) is 0 Å². The van der Waals surface area contributed by atoms with E-state index >= 15 is 0 Å². The second-order valence-electron chi connectivity index (χ2n) is 3.65. The van der Waals surface area contributed by atoms with Crippen LogP contribution in [0.15, 0.2) is 24.3 Å². The van der Waals surface area contributed by atoms with E-state index in [2.05, 4.69) is 0 Å². The Bertz CT molecular complexity index is 646. The van der Waals surface area contributed by atoms with Gasteiger partial charge in [0.2, 0.25) is 0 Å². The van der Waals surface area contributed by atoms with Crippen molar-refractivity contribution in [2.24, 2.45) is 0 Å². The van der Waals surface area contributed by atoms with Crippen molar-refractivity contribution in [1.29, 1.82) is 0 Å². The van der Waals surface area contributed by atoms with Gasteiger partial charge in [0, 0.05) is 0 Å². The Morgan fingerprint density at radius 2 is 1.93 bits per heavy atom. The highest BCUT2D eigenvalue weighted by molar-refractivity contribution is 6.18. The number of allylic oxidation sites excluding steroid dienone is 2. The van der Waals surface area contributed by atoms with Crippen LogP contribution < -0.4 is 10.4 Å². The second-order valence-corrected chi connectivity index (χ2v) is 3.65. The summed E-state index contributed by atoms with van der Waals surface area (Å²) in [5.41, 5.74) is 2.36. The molecule has 15 heavy (non-hydrogen) atoms. The van der Waals surface area contributed by atoms with Crippen LogP contribution >= 0.6 is 0 Å². The molecule has 0 saturated heterocycles. The fraction of sp³-hybridized carbons (Fsp3) is 0. The van der Waals surface area contributed by atoms with E-state index in [4.69, 9.17) is 5.11 Å². The third-order valence-electron chi connectivity index (χ3n) is 2.76. The Balaban J connectivity index is 2.30. The third kappa shape index (κ3) is 1.08. The lowest BCUT2D eigenvalue weighted by Gasteiger charge is -2.00. The van der Waals surface area contributed by atoms with Gasteiger partial charge in [-0.15, -0.1) is 0 Å². The lowest BCUT2D eigenvalue weighted by Crippen LogP contribution is -2.16. The Morgan fingerprint density at radius 3 is 2.73 bits per heavy atom. The minimum absolute atomic E-state index is 0.383. The molecule has 2 aliphatic carbocycles. The fourth-order valence-corrected chi connectivity index (χ4v) is 2.02. The number of hydrogen-bond donors (Lipinski definition) is 1. The molecule has 1 N–H and O–H groups in total. The molecule has 0 heterocycles. The number of carboxylic acid groups (broad SMARTS) is 1. The molecule has 0 atom stereocenters. The van der Waals surface area contributed by atoms with Crippen molar-refractivity contribution < 1.29 is 9.90 Å². The Hall–Kier alpha value is -2.09. The van der Waals surface area contributed by atoms with Gasteiger partial charge < -0.3 is 5.11 Å². The fourth-order valence-electron chi connectivity index (χ4n) is 2.02.